The largest absolute Gasteiger partial charge is 0.361 e. The van der Waals surface area contributed by atoms with Gasteiger partial charge < -0.3 is 9.55 Å². The van der Waals surface area contributed by atoms with Crippen molar-refractivity contribution in [3.05, 3.63) is 77.1 Å². The van der Waals surface area contributed by atoms with Crippen LogP contribution in [0.5, 0.6) is 0 Å². The number of H-pyrrole nitrogens is 1. The van der Waals surface area contributed by atoms with Crippen molar-refractivity contribution in [1.82, 2.24) is 14.9 Å². The molecule has 0 fully saturated rings. The van der Waals surface area contributed by atoms with Crippen molar-refractivity contribution in [2.24, 2.45) is 0 Å². The first-order chi connectivity index (χ1) is 14.6. The normalized spacial score (nSPS) is 16.0. The fourth-order valence-electron chi connectivity index (χ4n) is 4.78. The summed E-state index contributed by atoms with van der Waals surface area (Å²) in [5.41, 5.74) is 4.16. The van der Waals surface area contributed by atoms with E-state index in [2.05, 4.69) is 20.9 Å². The van der Waals surface area contributed by atoms with Crippen molar-refractivity contribution in [3.63, 3.8) is 0 Å². The van der Waals surface area contributed by atoms with Gasteiger partial charge in [0.1, 0.15) is 5.57 Å². The second-order valence-corrected chi connectivity index (χ2v) is 7.76. The number of carbonyl (C=O) groups excluding carboxylic acids is 3. The molecular weight excluding hydrogens is 378 g/mol. The SMILES string of the molecule is O=C1NC(=O)C(c2c[nH]c3ccccc23)=C1C(=O)c1cn2c3c(cccc13)CCC2.[HH].[HH]. The van der Waals surface area contributed by atoms with E-state index in [1.54, 1.807) is 6.20 Å². The third-order valence-corrected chi connectivity index (χ3v) is 6.09. The summed E-state index contributed by atoms with van der Waals surface area (Å²) in [6.45, 7) is 0.834. The van der Waals surface area contributed by atoms with E-state index < -0.39 is 17.6 Å². The molecule has 4 aromatic rings. The third-order valence-electron chi connectivity index (χ3n) is 6.09. The number of para-hydroxylation sites is 2. The van der Waals surface area contributed by atoms with Gasteiger partial charge in [-0.15, -0.1) is 0 Å². The Morgan fingerprint density at radius 3 is 2.73 bits per heavy atom. The number of hydrogen-bond donors (Lipinski definition) is 2. The number of fused-ring (bicyclic) bond motifs is 1. The summed E-state index contributed by atoms with van der Waals surface area (Å²) in [5, 5.41) is 3.95. The van der Waals surface area contributed by atoms with Gasteiger partial charge in [-0.25, -0.2) is 0 Å². The van der Waals surface area contributed by atoms with Gasteiger partial charge >= 0.3 is 0 Å². The quantitative estimate of drug-likeness (QED) is 0.312. The third kappa shape index (κ3) is 2.21. The molecule has 0 saturated heterocycles. The Morgan fingerprint density at radius 2 is 1.83 bits per heavy atom. The minimum Gasteiger partial charge on any atom is -0.361 e. The first kappa shape index (κ1) is 17.0. The van der Waals surface area contributed by atoms with Gasteiger partial charge in [0, 0.05) is 49.2 Å². The Bertz CT molecular complexity index is 1460. The molecule has 6 rings (SSSR count). The van der Waals surface area contributed by atoms with E-state index in [4.69, 9.17) is 0 Å². The van der Waals surface area contributed by atoms with E-state index in [0.29, 0.717) is 11.1 Å². The topological polar surface area (TPSA) is 84.0 Å². The van der Waals surface area contributed by atoms with E-state index in [1.807, 2.05) is 42.6 Å². The Kier molecular flexibility index (Phi) is 3.41. The summed E-state index contributed by atoms with van der Waals surface area (Å²) in [5.74, 6) is -1.60. The molecular formula is C24H21N3O3. The summed E-state index contributed by atoms with van der Waals surface area (Å²) < 4.78 is 2.09. The molecule has 30 heavy (non-hydrogen) atoms. The minimum atomic E-state index is -0.641. The first-order valence-corrected chi connectivity index (χ1v) is 9.95. The molecule has 2 aliphatic rings. The molecule has 150 valence electrons. The molecule has 0 saturated carbocycles. The molecule has 0 aliphatic carbocycles. The molecule has 2 N–H and O–H groups in total. The zero-order valence-corrected chi connectivity index (χ0v) is 16.0. The number of amides is 2. The standard InChI is InChI=1S/C24H17N3O3.2H2/c28-22(17-12-27-10-4-6-13-5-3-8-15(17)21(13)27)20-19(23(29)26-24(20)30)16-11-25-18-9-2-1-7-14(16)18;;/h1-3,5,7-9,11-12,25H,4,6,10H2,(H,26,29,30);2*1H. The van der Waals surface area contributed by atoms with Crippen LogP contribution in [0.1, 0.15) is 30.8 Å². The van der Waals surface area contributed by atoms with Gasteiger partial charge in [-0.1, -0.05) is 36.4 Å². The molecule has 0 spiro atoms. The lowest BCUT2D eigenvalue weighted by molar-refractivity contribution is -0.123. The van der Waals surface area contributed by atoms with Gasteiger partial charge in [-0.3, -0.25) is 19.7 Å². The van der Waals surface area contributed by atoms with Crippen LogP contribution in [0.4, 0.5) is 0 Å². The maximum atomic E-state index is 13.6. The van der Waals surface area contributed by atoms with Crippen molar-refractivity contribution < 1.29 is 17.2 Å². The number of Topliss-reactive ketones (excluding diaryl/α,β-unsaturated/α-hetero) is 1. The number of carbonyl (C=O) groups is 3. The Labute approximate surface area is 174 Å². The Hall–Kier alpha value is -3.93. The number of benzene rings is 2. The second kappa shape index (κ2) is 6.03. The molecule has 6 nitrogen and oxygen atoms in total. The fraction of sp³-hybridized carbons (Fsp3) is 0.125. The average molecular weight is 399 g/mol. The maximum absolute atomic E-state index is 13.6. The van der Waals surface area contributed by atoms with Crippen molar-refractivity contribution in [3.8, 4) is 0 Å². The zero-order valence-electron chi connectivity index (χ0n) is 16.0. The van der Waals surface area contributed by atoms with E-state index >= 15 is 0 Å². The van der Waals surface area contributed by atoms with Crippen LogP contribution in [-0.4, -0.2) is 27.1 Å². The minimum absolute atomic E-state index is 0. The Morgan fingerprint density at radius 1 is 1.00 bits per heavy atom. The second-order valence-electron chi connectivity index (χ2n) is 7.76. The summed E-state index contributed by atoms with van der Waals surface area (Å²) >= 11 is 0. The van der Waals surface area contributed by atoms with Crippen LogP contribution in [0.25, 0.3) is 27.4 Å². The van der Waals surface area contributed by atoms with Gasteiger partial charge in [0.05, 0.1) is 11.1 Å². The van der Waals surface area contributed by atoms with E-state index in [1.165, 1.54) is 5.56 Å². The highest BCUT2D eigenvalue weighted by molar-refractivity contribution is 6.47. The van der Waals surface area contributed by atoms with Crippen LogP contribution >= 0.6 is 0 Å². The highest BCUT2D eigenvalue weighted by Crippen LogP contribution is 2.35. The molecule has 0 bridgehead atoms. The number of aromatic amines is 1. The molecule has 4 heterocycles. The van der Waals surface area contributed by atoms with Gasteiger partial charge in [-0.2, -0.15) is 0 Å². The maximum Gasteiger partial charge on any atom is 0.262 e. The monoisotopic (exact) mass is 399 g/mol. The van der Waals surface area contributed by atoms with Crippen molar-refractivity contribution in [2.75, 3.05) is 0 Å². The number of hydrogen-bond acceptors (Lipinski definition) is 3. The number of imide groups is 1. The molecule has 0 atom stereocenters. The number of aryl methyl sites for hydroxylation is 2. The van der Waals surface area contributed by atoms with Crippen LogP contribution < -0.4 is 5.32 Å². The summed E-state index contributed by atoms with van der Waals surface area (Å²) in [7, 11) is 0. The lowest BCUT2D eigenvalue weighted by atomic mass is 9.94. The lowest BCUT2D eigenvalue weighted by Crippen LogP contribution is -2.24. The molecule has 2 amide bonds. The number of rotatable bonds is 3. The molecule has 2 aliphatic heterocycles. The summed E-state index contributed by atoms with van der Waals surface area (Å²) in [6, 6.07) is 13.4. The fourth-order valence-corrected chi connectivity index (χ4v) is 4.78. The molecule has 2 aromatic carbocycles. The first-order valence-electron chi connectivity index (χ1n) is 9.95. The zero-order chi connectivity index (χ0) is 20.4. The van der Waals surface area contributed by atoms with Gasteiger partial charge in [0.15, 0.2) is 0 Å². The van der Waals surface area contributed by atoms with Gasteiger partial charge in [-0.05, 0) is 24.5 Å². The smallest absolute Gasteiger partial charge is 0.262 e. The molecule has 6 heteroatoms. The van der Waals surface area contributed by atoms with Crippen LogP contribution in [0.2, 0.25) is 0 Å². The number of aromatic nitrogens is 2. The number of ketones is 1. The van der Waals surface area contributed by atoms with Gasteiger partial charge in [0.25, 0.3) is 11.8 Å². The highest BCUT2D eigenvalue weighted by Gasteiger charge is 2.38. The molecule has 2 aromatic heterocycles. The molecule has 0 unspecified atom stereocenters. The van der Waals surface area contributed by atoms with Crippen LogP contribution in [0.3, 0.4) is 0 Å². The van der Waals surface area contributed by atoms with Crippen LogP contribution in [0.15, 0.2) is 60.4 Å². The van der Waals surface area contributed by atoms with Crippen LogP contribution in [0, 0.1) is 0 Å². The van der Waals surface area contributed by atoms with Gasteiger partial charge in [0.2, 0.25) is 5.78 Å². The summed E-state index contributed by atoms with van der Waals surface area (Å²) in [4.78, 5) is 42.1. The van der Waals surface area contributed by atoms with Crippen molar-refractivity contribution in [2.45, 2.75) is 19.4 Å². The number of nitrogens with one attached hydrogen (secondary N) is 2. The van der Waals surface area contributed by atoms with E-state index in [0.717, 1.165) is 41.2 Å². The van der Waals surface area contributed by atoms with Crippen molar-refractivity contribution in [1.29, 1.82) is 0 Å². The predicted molar refractivity (Wildman–Crippen MR) is 117 cm³/mol. The number of nitrogens with zero attached hydrogens (tertiary/aromatic N) is 1. The predicted octanol–water partition coefficient (Wildman–Crippen LogP) is 3.85. The van der Waals surface area contributed by atoms with E-state index in [9.17, 15) is 14.4 Å². The summed E-state index contributed by atoms with van der Waals surface area (Å²) in [6.07, 6.45) is 5.49. The van der Waals surface area contributed by atoms with Crippen LogP contribution in [-0.2, 0) is 22.6 Å². The van der Waals surface area contributed by atoms with Crippen molar-refractivity contribution >= 4 is 45.0 Å². The highest BCUT2D eigenvalue weighted by atomic mass is 16.2. The average Bonchev–Trinajstić information content (AvgIpc) is 3.42. The lowest BCUT2D eigenvalue weighted by Gasteiger charge is -2.14. The molecule has 0 radical (unpaired) electrons. The Balaban J connectivity index is 0.00000122. The van der Waals surface area contributed by atoms with E-state index in [-0.39, 0.29) is 14.0 Å².